The van der Waals surface area contributed by atoms with Crippen LogP contribution in [0.3, 0.4) is 0 Å². The molecular formula is C8H7FN4S2. The Morgan fingerprint density at radius 1 is 1.53 bits per heavy atom. The highest BCUT2D eigenvalue weighted by Gasteiger charge is 2.08. The van der Waals surface area contributed by atoms with Crippen LogP contribution < -0.4 is 11.3 Å². The van der Waals surface area contributed by atoms with E-state index >= 15 is 0 Å². The molecule has 2 aromatic rings. The Bertz CT molecular complexity index is 446. The van der Waals surface area contributed by atoms with Crippen LogP contribution in [0, 0.1) is 5.82 Å². The lowest BCUT2D eigenvalue weighted by molar-refractivity contribution is 0.580. The molecular weight excluding hydrogens is 235 g/mol. The van der Waals surface area contributed by atoms with E-state index in [9.17, 15) is 4.39 Å². The quantitative estimate of drug-likeness (QED) is 0.490. The lowest BCUT2D eigenvalue weighted by Gasteiger charge is -2.02. The van der Waals surface area contributed by atoms with E-state index in [1.165, 1.54) is 23.1 Å². The van der Waals surface area contributed by atoms with Crippen LogP contribution in [0.15, 0.2) is 32.9 Å². The van der Waals surface area contributed by atoms with Crippen molar-refractivity contribution in [1.29, 1.82) is 0 Å². The Hall–Kier alpha value is -1.18. The topological polar surface area (TPSA) is 63.8 Å². The zero-order chi connectivity index (χ0) is 10.7. The van der Waals surface area contributed by atoms with Crippen LogP contribution in [0.4, 0.5) is 10.3 Å². The second-order valence-corrected chi connectivity index (χ2v) is 4.76. The molecule has 0 atom stereocenters. The van der Waals surface area contributed by atoms with Crippen LogP contribution in [-0.2, 0) is 0 Å². The van der Waals surface area contributed by atoms with E-state index in [4.69, 9.17) is 5.84 Å². The van der Waals surface area contributed by atoms with Crippen LogP contribution in [0.1, 0.15) is 0 Å². The van der Waals surface area contributed by atoms with E-state index in [2.05, 4.69) is 15.4 Å². The van der Waals surface area contributed by atoms with Gasteiger partial charge in [0.1, 0.15) is 5.03 Å². The Morgan fingerprint density at radius 2 is 2.40 bits per heavy atom. The van der Waals surface area contributed by atoms with Crippen LogP contribution in [0.5, 0.6) is 0 Å². The van der Waals surface area contributed by atoms with E-state index in [-0.39, 0.29) is 11.0 Å². The first-order valence-corrected chi connectivity index (χ1v) is 5.69. The number of halogens is 1. The van der Waals surface area contributed by atoms with Gasteiger partial charge in [-0.25, -0.2) is 20.2 Å². The lowest BCUT2D eigenvalue weighted by atomic mass is 10.6. The third kappa shape index (κ3) is 2.44. The number of aromatic nitrogens is 2. The summed E-state index contributed by atoms with van der Waals surface area (Å²) in [6.07, 6.45) is 1.10. The average molecular weight is 242 g/mol. The van der Waals surface area contributed by atoms with Gasteiger partial charge in [0.15, 0.2) is 5.82 Å². The smallest absolute Gasteiger partial charge is 0.238 e. The molecule has 2 aromatic heterocycles. The first-order valence-electron chi connectivity index (χ1n) is 4.00. The molecule has 0 aliphatic carbocycles. The van der Waals surface area contributed by atoms with E-state index in [0.29, 0.717) is 0 Å². The Balaban J connectivity index is 2.27. The molecule has 2 rings (SSSR count). The Kier molecular flexibility index (Phi) is 3.14. The van der Waals surface area contributed by atoms with Gasteiger partial charge in [-0.05, 0) is 11.4 Å². The fraction of sp³-hybridized carbons (Fsp3) is 0. The molecule has 2 heterocycles. The van der Waals surface area contributed by atoms with Crippen LogP contribution in [0.2, 0.25) is 0 Å². The van der Waals surface area contributed by atoms with Gasteiger partial charge in [-0.2, -0.15) is 0 Å². The number of nitrogens with zero attached hydrogens (tertiary/aromatic N) is 2. The normalized spacial score (nSPS) is 10.3. The SMILES string of the molecule is NNc1ncc(F)c(Sc2cccs2)n1. The van der Waals surface area contributed by atoms with Crippen molar-refractivity contribution < 1.29 is 4.39 Å². The minimum atomic E-state index is -0.451. The monoisotopic (exact) mass is 242 g/mol. The van der Waals surface area contributed by atoms with Gasteiger partial charge in [-0.1, -0.05) is 17.8 Å². The third-order valence-electron chi connectivity index (χ3n) is 1.53. The average Bonchev–Trinajstić information content (AvgIpc) is 2.74. The Labute approximate surface area is 93.7 Å². The van der Waals surface area contributed by atoms with Gasteiger partial charge >= 0.3 is 0 Å². The number of hydrazine groups is 1. The largest absolute Gasteiger partial charge is 0.292 e. The summed E-state index contributed by atoms with van der Waals surface area (Å²) in [6.45, 7) is 0. The highest BCUT2D eigenvalue weighted by molar-refractivity contribution is 8.01. The van der Waals surface area contributed by atoms with E-state index in [1.807, 2.05) is 17.5 Å². The standard InChI is InChI=1S/C8H7FN4S2/c9-5-4-11-8(13-10)12-7(5)15-6-2-1-3-14-6/h1-4H,10H2,(H,11,12,13). The molecule has 0 aliphatic heterocycles. The maximum absolute atomic E-state index is 13.3. The highest BCUT2D eigenvalue weighted by atomic mass is 32.2. The van der Waals surface area contributed by atoms with Crippen molar-refractivity contribution in [3.63, 3.8) is 0 Å². The molecule has 7 heteroatoms. The molecule has 0 radical (unpaired) electrons. The van der Waals surface area contributed by atoms with Crippen molar-refractivity contribution in [3.05, 3.63) is 29.5 Å². The van der Waals surface area contributed by atoms with Crippen molar-refractivity contribution in [2.24, 2.45) is 5.84 Å². The number of hydrogen-bond acceptors (Lipinski definition) is 6. The maximum Gasteiger partial charge on any atom is 0.238 e. The van der Waals surface area contributed by atoms with E-state index in [0.717, 1.165) is 10.4 Å². The van der Waals surface area contributed by atoms with Gasteiger partial charge in [0.25, 0.3) is 0 Å². The molecule has 15 heavy (non-hydrogen) atoms. The summed E-state index contributed by atoms with van der Waals surface area (Å²) < 4.78 is 14.3. The van der Waals surface area contributed by atoms with E-state index in [1.54, 1.807) is 0 Å². The molecule has 0 aliphatic rings. The molecule has 3 N–H and O–H groups in total. The minimum absolute atomic E-state index is 0.204. The molecule has 0 unspecified atom stereocenters. The molecule has 0 fully saturated rings. The summed E-state index contributed by atoms with van der Waals surface area (Å²) in [5, 5.41) is 2.18. The van der Waals surface area contributed by atoms with Crippen LogP contribution >= 0.6 is 23.1 Å². The molecule has 0 spiro atoms. The zero-order valence-corrected chi connectivity index (χ0v) is 9.11. The number of thiophene rings is 1. The van der Waals surface area contributed by atoms with Gasteiger partial charge in [-0.3, -0.25) is 5.43 Å². The number of nitrogen functional groups attached to an aromatic ring is 1. The summed E-state index contributed by atoms with van der Waals surface area (Å²) in [4.78, 5) is 7.57. The predicted molar refractivity (Wildman–Crippen MR) is 58.2 cm³/mol. The lowest BCUT2D eigenvalue weighted by Crippen LogP contribution is -2.11. The van der Waals surface area contributed by atoms with Gasteiger partial charge in [0.05, 0.1) is 10.4 Å². The highest BCUT2D eigenvalue weighted by Crippen LogP contribution is 2.31. The van der Waals surface area contributed by atoms with Crippen molar-refractivity contribution in [2.45, 2.75) is 9.24 Å². The van der Waals surface area contributed by atoms with Crippen LogP contribution in [-0.4, -0.2) is 9.97 Å². The number of rotatable bonds is 3. The summed E-state index contributed by atoms with van der Waals surface area (Å²) in [5.41, 5.74) is 2.28. The molecule has 0 aromatic carbocycles. The van der Waals surface area contributed by atoms with Gasteiger partial charge in [0.2, 0.25) is 5.95 Å². The number of nitrogens with one attached hydrogen (secondary N) is 1. The summed E-state index contributed by atoms with van der Waals surface area (Å²) in [6, 6.07) is 3.79. The Morgan fingerprint density at radius 3 is 3.07 bits per heavy atom. The van der Waals surface area contributed by atoms with Crippen molar-refractivity contribution >= 4 is 29.0 Å². The molecule has 0 amide bonds. The van der Waals surface area contributed by atoms with Gasteiger partial charge < -0.3 is 0 Å². The predicted octanol–water partition coefficient (Wildman–Crippen LogP) is 2.11. The number of nitrogens with two attached hydrogens (primary N) is 1. The zero-order valence-electron chi connectivity index (χ0n) is 7.48. The minimum Gasteiger partial charge on any atom is -0.292 e. The fourth-order valence-corrected chi connectivity index (χ4v) is 2.57. The molecule has 0 saturated heterocycles. The van der Waals surface area contributed by atoms with Crippen LogP contribution in [0.25, 0.3) is 0 Å². The van der Waals surface area contributed by atoms with E-state index < -0.39 is 5.82 Å². The van der Waals surface area contributed by atoms with Crippen molar-refractivity contribution in [3.8, 4) is 0 Å². The first-order chi connectivity index (χ1) is 7.29. The molecule has 0 saturated carbocycles. The third-order valence-corrected chi connectivity index (χ3v) is 3.55. The van der Waals surface area contributed by atoms with Crippen molar-refractivity contribution in [2.75, 3.05) is 5.43 Å². The molecule has 0 bridgehead atoms. The maximum atomic E-state index is 13.3. The van der Waals surface area contributed by atoms with Crippen molar-refractivity contribution in [1.82, 2.24) is 9.97 Å². The number of hydrogen-bond donors (Lipinski definition) is 2. The first kappa shape index (κ1) is 10.3. The summed E-state index contributed by atoms with van der Waals surface area (Å²) >= 11 is 2.77. The number of anilines is 1. The second kappa shape index (κ2) is 4.56. The van der Waals surface area contributed by atoms with Gasteiger partial charge in [0, 0.05) is 0 Å². The molecule has 4 nitrogen and oxygen atoms in total. The summed E-state index contributed by atoms with van der Waals surface area (Å²) in [5.74, 6) is 4.89. The second-order valence-electron chi connectivity index (χ2n) is 2.53. The summed E-state index contributed by atoms with van der Waals surface area (Å²) in [7, 11) is 0. The fourth-order valence-electron chi connectivity index (χ4n) is 0.909. The molecule has 78 valence electrons. The van der Waals surface area contributed by atoms with Gasteiger partial charge in [-0.15, -0.1) is 11.3 Å².